The van der Waals surface area contributed by atoms with E-state index in [-0.39, 0.29) is 11.6 Å². The van der Waals surface area contributed by atoms with Crippen molar-refractivity contribution in [1.29, 1.82) is 0 Å². The van der Waals surface area contributed by atoms with E-state index in [0.717, 1.165) is 11.8 Å². The van der Waals surface area contributed by atoms with Crippen molar-refractivity contribution in [3.63, 3.8) is 0 Å². The van der Waals surface area contributed by atoms with Crippen LogP contribution in [0.2, 0.25) is 0 Å². The minimum atomic E-state index is -0.518. The predicted molar refractivity (Wildman–Crippen MR) is 60.1 cm³/mol. The largest absolute Gasteiger partial charge is 0.368 e. The number of nitrogens with two attached hydrogens (primary N) is 1. The van der Waals surface area contributed by atoms with Gasteiger partial charge >= 0.3 is 5.69 Å². The highest BCUT2D eigenvalue weighted by Gasteiger charge is 2.16. The van der Waals surface area contributed by atoms with Gasteiger partial charge in [0.15, 0.2) is 0 Å². The summed E-state index contributed by atoms with van der Waals surface area (Å²) in [5, 5.41) is 10.8. The lowest BCUT2D eigenvalue weighted by Gasteiger charge is -2.02. The molecule has 0 fully saturated rings. The molecule has 0 aliphatic rings. The molecule has 0 bridgehead atoms. The maximum Gasteiger partial charge on any atom is 0.309 e. The Morgan fingerprint density at radius 1 is 1.35 bits per heavy atom. The van der Waals surface area contributed by atoms with E-state index in [9.17, 15) is 10.1 Å². The zero-order valence-corrected chi connectivity index (χ0v) is 8.78. The molecule has 17 heavy (non-hydrogen) atoms. The van der Waals surface area contributed by atoms with Crippen LogP contribution in [0.5, 0.6) is 0 Å². The van der Waals surface area contributed by atoms with E-state index in [1.165, 1.54) is 0 Å². The Balaban J connectivity index is 2.37. The molecule has 0 spiro atoms. The molecule has 0 saturated carbocycles. The van der Waals surface area contributed by atoms with Crippen LogP contribution >= 0.6 is 0 Å². The molecular weight excluding hydrogens is 222 g/mol. The summed E-state index contributed by atoms with van der Waals surface area (Å²) in [6.45, 7) is 0. The van der Waals surface area contributed by atoms with E-state index in [0.29, 0.717) is 12.1 Å². The molecule has 0 amide bonds. The van der Waals surface area contributed by atoms with Gasteiger partial charge in [0.25, 0.3) is 0 Å². The number of nitrogens with zero attached hydrogens (tertiary/aromatic N) is 4. The standard InChI is InChI=1S/C10H9N5O2/c11-10-13-6-9(15(16)17)8(14-10)5-7-1-3-12-4-2-7/h1-4,6H,5H2,(H2,11,13,14). The summed E-state index contributed by atoms with van der Waals surface area (Å²) in [4.78, 5) is 21.7. The van der Waals surface area contributed by atoms with Crippen LogP contribution in [0.3, 0.4) is 0 Å². The first kappa shape index (κ1) is 10.9. The molecule has 0 aromatic carbocycles. The van der Waals surface area contributed by atoms with Crippen molar-refractivity contribution in [3.05, 3.63) is 52.1 Å². The average molecular weight is 231 g/mol. The summed E-state index contributed by atoms with van der Waals surface area (Å²) in [6.07, 6.45) is 4.68. The van der Waals surface area contributed by atoms with Gasteiger partial charge in [-0.15, -0.1) is 0 Å². The van der Waals surface area contributed by atoms with Gasteiger partial charge in [-0.25, -0.2) is 9.97 Å². The van der Waals surface area contributed by atoms with E-state index < -0.39 is 4.92 Å². The van der Waals surface area contributed by atoms with E-state index in [1.807, 2.05) is 0 Å². The van der Waals surface area contributed by atoms with Gasteiger partial charge in [-0.1, -0.05) is 0 Å². The first-order chi connectivity index (χ1) is 8.16. The third kappa shape index (κ3) is 2.51. The van der Waals surface area contributed by atoms with Gasteiger partial charge in [-0.05, 0) is 17.7 Å². The summed E-state index contributed by atoms with van der Waals surface area (Å²) in [7, 11) is 0. The molecule has 7 heteroatoms. The van der Waals surface area contributed by atoms with E-state index in [4.69, 9.17) is 5.73 Å². The highest BCUT2D eigenvalue weighted by Crippen LogP contribution is 2.18. The second-order valence-electron chi connectivity index (χ2n) is 3.35. The minimum absolute atomic E-state index is 0.0275. The van der Waals surface area contributed by atoms with Gasteiger partial charge in [0, 0.05) is 18.8 Å². The number of anilines is 1. The second-order valence-corrected chi connectivity index (χ2v) is 3.35. The van der Waals surface area contributed by atoms with Crippen molar-refractivity contribution in [3.8, 4) is 0 Å². The number of aromatic nitrogens is 3. The third-order valence-corrected chi connectivity index (χ3v) is 2.18. The van der Waals surface area contributed by atoms with E-state index in [2.05, 4.69) is 15.0 Å². The molecular formula is C10H9N5O2. The van der Waals surface area contributed by atoms with Crippen LogP contribution in [0.15, 0.2) is 30.7 Å². The molecule has 0 atom stereocenters. The summed E-state index contributed by atoms with van der Waals surface area (Å²) in [5.74, 6) is 0.0275. The Hall–Kier alpha value is -2.57. The van der Waals surface area contributed by atoms with Crippen LogP contribution in [0.1, 0.15) is 11.3 Å². The smallest absolute Gasteiger partial charge is 0.309 e. The van der Waals surface area contributed by atoms with Crippen molar-refractivity contribution < 1.29 is 4.92 Å². The lowest BCUT2D eigenvalue weighted by atomic mass is 10.1. The SMILES string of the molecule is Nc1ncc([N+](=O)[O-])c(Cc2ccncc2)n1. The van der Waals surface area contributed by atoms with Crippen LogP contribution < -0.4 is 5.73 Å². The van der Waals surface area contributed by atoms with Crippen molar-refractivity contribution in [2.24, 2.45) is 0 Å². The Morgan fingerprint density at radius 3 is 2.71 bits per heavy atom. The highest BCUT2D eigenvalue weighted by atomic mass is 16.6. The third-order valence-electron chi connectivity index (χ3n) is 2.18. The summed E-state index contributed by atoms with van der Waals surface area (Å²) >= 11 is 0. The maximum atomic E-state index is 10.8. The number of hydrogen-bond acceptors (Lipinski definition) is 6. The van der Waals surface area contributed by atoms with Gasteiger partial charge in [0.2, 0.25) is 5.95 Å². The molecule has 0 unspecified atom stereocenters. The molecule has 2 N–H and O–H groups in total. The zero-order valence-electron chi connectivity index (χ0n) is 8.78. The average Bonchev–Trinajstić information content (AvgIpc) is 2.30. The Morgan fingerprint density at radius 2 is 2.06 bits per heavy atom. The first-order valence-electron chi connectivity index (χ1n) is 4.81. The Bertz CT molecular complexity index is 544. The van der Waals surface area contributed by atoms with Gasteiger partial charge in [-0.2, -0.15) is 0 Å². The highest BCUT2D eigenvalue weighted by molar-refractivity contribution is 5.39. The monoisotopic (exact) mass is 231 g/mol. The van der Waals surface area contributed by atoms with Crippen LogP contribution in [0.4, 0.5) is 11.6 Å². The van der Waals surface area contributed by atoms with Crippen molar-refractivity contribution in [2.75, 3.05) is 5.73 Å². The predicted octanol–water partition coefficient (Wildman–Crippen LogP) is 0.953. The van der Waals surface area contributed by atoms with Crippen LogP contribution in [-0.4, -0.2) is 19.9 Å². The molecule has 2 aromatic rings. The molecule has 7 nitrogen and oxygen atoms in total. The number of pyridine rings is 1. The Kier molecular flexibility index (Phi) is 2.91. The van der Waals surface area contributed by atoms with Crippen molar-refractivity contribution in [2.45, 2.75) is 6.42 Å². The lowest BCUT2D eigenvalue weighted by Crippen LogP contribution is -2.04. The van der Waals surface area contributed by atoms with Crippen LogP contribution in [0, 0.1) is 10.1 Å². The minimum Gasteiger partial charge on any atom is -0.368 e. The van der Waals surface area contributed by atoms with Gasteiger partial charge in [0.05, 0.1) is 4.92 Å². The van der Waals surface area contributed by atoms with Crippen molar-refractivity contribution >= 4 is 11.6 Å². The second kappa shape index (κ2) is 4.52. The lowest BCUT2D eigenvalue weighted by molar-refractivity contribution is -0.386. The summed E-state index contributed by atoms with van der Waals surface area (Å²) in [6, 6.07) is 3.53. The number of rotatable bonds is 3. The molecule has 2 heterocycles. The molecule has 0 aliphatic carbocycles. The zero-order chi connectivity index (χ0) is 12.3. The van der Waals surface area contributed by atoms with Crippen LogP contribution in [0.25, 0.3) is 0 Å². The molecule has 0 radical (unpaired) electrons. The number of nitro groups is 1. The van der Waals surface area contributed by atoms with Crippen molar-refractivity contribution in [1.82, 2.24) is 15.0 Å². The Labute approximate surface area is 96.5 Å². The van der Waals surface area contributed by atoms with Crippen LogP contribution in [-0.2, 0) is 6.42 Å². The molecule has 2 aromatic heterocycles. The molecule has 86 valence electrons. The normalized spacial score (nSPS) is 10.1. The summed E-state index contributed by atoms with van der Waals surface area (Å²) in [5.41, 5.74) is 6.47. The molecule has 2 rings (SSSR count). The van der Waals surface area contributed by atoms with Gasteiger partial charge < -0.3 is 5.73 Å². The molecule has 0 saturated heterocycles. The maximum absolute atomic E-state index is 10.8. The number of nitrogen functional groups attached to an aromatic ring is 1. The van der Waals surface area contributed by atoms with E-state index in [1.54, 1.807) is 24.5 Å². The van der Waals surface area contributed by atoms with Gasteiger partial charge in [-0.3, -0.25) is 15.1 Å². The fraction of sp³-hybridized carbons (Fsp3) is 0.100. The summed E-state index contributed by atoms with van der Waals surface area (Å²) < 4.78 is 0. The first-order valence-corrected chi connectivity index (χ1v) is 4.81. The van der Waals surface area contributed by atoms with E-state index >= 15 is 0 Å². The fourth-order valence-electron chi connectivity index (χ4n) is 1.40. The quantitative estimate of drug-likeness (QED) is 0.622. The fourth-order valence-corrected chi connectivity index (χ4v) is 1.40. The number of hydrogen-bond donors (Lipinski definition) is 1. The molecule has 0 aliphatic heterocycles. The topological polar surface area (TPSA) is 108 Å². The van der Waals surface area contributed by atoms with Gasteiger partial charge in [0.1, 0.15) is 11.9 Å².